The van der Waals surface area contributed by atoms with Crippen molar-refractivity contribution < 1.29 is 9.53 Å². The fraction of sp³-hybridized carbons (Fsp3) is 0.875. The fourth-order valence-corrected chi connectivity index (χ4v) is 2.40. The summed E-state index contributed by atoms with van der Waals surface area (Å²) in [5.74, 6) is 1.08. The van der Waals surface area contributed by atoms with Gasteiger partial charge in [0.1, 0.15) is 0 Å². The average molecular weight is 155 g/mol. The predicted octanol–water partition coefficient (Wildman–Crippen LogP) is 0.143. The summed E-state index contributed by atoms with van der Waals surface area (Å²) in [6.07, 6.45) is 2.20. The summed E-state index contributed by atoms with van der Waals surface area (Å²) in [6, 6.07) is 0.254. The maximum atomic E-state index is 11.1. The summed E-state index contributed by atoms with van der Waals surface area (Å²) >= 11 is 0. The van der Waals surface area contributed by atoms with Gasteiger partial charge in [-0.25, -0.2) is 0 Å². The molecule has 4 unspecified atom stereocenters. The first-order chi connectivity index (χ1) is 5.25. The van der Waals surface area contributed by atoms with Gasteiger partial charge in [0, 0.05) is 6.04 Å². The number of carbonyl (C=O) groups is 1. The van der Waals surface area contributed by atoms with Crippen molar-refractivity contribution in [1.82, 2.24) is 0 Å². The number of hydrogen-bond acceptors (Lipinski definition) is 3. The first-order valence-corrected chi connectivity index (χ1v) is 4.09. The molecule has 0 radical (unpaired) electrons. The van der Waals surface area contributed by atoms with E-state index in [0.717, 1.165) is 12.8 Å². The molecule has 0 spiro atoms. The van der Waals surface area contributed by atoms with Crippen molar-refractivity contribution >= 4 is 5.97 Å². The molecule has 11 heavy (non-hydrogen) atoms. The molecule has 0 aromatic heterocycles. The third-order valence-corrected chi connectivity index (χ3v) is 3.03. The summed E-state index contributed by atoms with van der Waals surface area (Å²) in [5.41, 5.74) is 5.80. The van der Waals surface area contributed by atoms with Crippen LogP contribution in [0.3, 0.4) is 0 Å². The lowest BCUT2D eigenvalue weighted by molar-refractivity contribution is -0.143. The smallest absolute Gasteiger partial charge is 0.309 e. The fourth-order valence-electron chi connectivity index (χ4n) is 2.40. The van der Waals surface area contributed by atoms with Gasteiger partial charge in [-0.2, -0.15) is 0 Å². The SMILES string of the molecule is COC(=O)C1C2CCC(N)C21. The van der Waals surface area contributed by atoms with Crippen LogP contribution in [-0.4, -0.2) is 19.1 Å². The summed E-state index contributed by atoms with van der Waals surface area (Å²) in [6.45, 7) is 0. The lowest BCUT2D eigenvalue weighted by Crippen LogP contribution is -2.23. The van der Waals surface area contributed by atoms with Crippen LogP contribution in [0.25, 0.3) is 0 Å². The second-order valence-corrected chi connectivity index (χ2v) is 3.53. The van der Waals surface area contributed by atoms with Crippen LogP contribution < -0.4 is 5.73 Å². The number of nitrogens with two attached hydrogens (primary N) is 1. The Balaban J connectivity index is 1.99. The molecule has 2 N–H and O–H groups in total. The average Bonchev–Trinajstić information content (AvgIpc) is 2.63. The van der Waals surface area contributed by atoms with Gasteiger partial charge < -0.3 is 10.5 Å². The van der Waals surface area contributed by atoms with Crippen molar-refractivity contribution in [3.63, 3.8) is 0 Å². The van der Waals surface area contributed by atoms with E-state index in [4.69, 9.17) is 5.73 Å². The van der Waals surface area contributed by atoms with E-state index in [1.165, 1.54) is 7.11 Å². The minimum atomic E-state index is -0.0600. The van der Waals surface area contributed by atoms with Crippen LogP contribution >= 0.6 is 0 Å². The number of esters is 1. The van der Waals surface area contributed by atoms with E-state index >= 15 is 0 Å². The topological polar surface area (TPSA) is 52.3 Å². The number of methoxy groups -OCH3 is 1. The molecule has 0 aromatic carbocycles. The minimum absolute atomic E-state index is 0.0600. The Morgan fingerprint density at radius 1 is 1.55 bits per heavy atom. The summed E-state index contributed by atoms with van der Waals surface area (Å²) in [5, 5.41) is 0. The van der Waals surface area contributed by atoms with Crippen LogP contribution in [-0.2, 0) is 9.53 Å². The first kappa shape index (κ1) is 7.10. The lowest BCUT2D eigenvalue weighted by Gasteiger charge is -2.06. The van der Waals surface area contributed by atoms with E-state index < -0.39 is 0 Å². The molecule has 0 aromatic rings. The molecule has 0 aliphatic heterocycles. The number of hydrogen-bond donors (Lipinski definition) is 1. The maximum Gasteiger partial charge on any atom is 0.309 e. The molecule has 3 heteroatoms. The van der Waals surface area contributed by atoms with Gasteiger partial charge in [0.05, 0.1) is 13.0 Å². The number of fused-ring (bicyclic) bond motifs is 1. The van der Waals surface area contributed by atoms with Crippen molar-refractivity contribution in [2.45, 2.75) is 18.9 Å². The molecule has 0 saturated heterocycles. The monoisotopic (exact) mass is 155 g/mol. The highest BCUT2D eigenvalue weighted by molar-refractivity contribution is 5.76. The van der Waals surface area contributed by atoms with Crippen LogP contribution in [0, 0.1) is 17.8 Å². The summed E-state index contributed by atoms with van der Waals surface area (Å²) in [4.78, 5) is 11.1. The Morgan fingerprint density at radius 2 is 2.27 bits per heavy atom. The van der Waals surface area contributed by atoms with Gasteiger partial charge in [-0.3, -0.25) is 4.79 Å². The van der Waals surface area contributed by atoms with Crippen LogP contribution in [0.2, 0.25) is 0 Å². The second kappa shape index (κ2) is 2.21. The Bertz CT molecular complexity index is 193. The highest BCUT2D eigenvalue weighted by atomic mass is 16.5. The van der Waals surface area contributed by atoms with E-state index in [1.54, 1.807) is 0 Å². The number of rotatable bonds is 1. The standard InChI is InChI=1S/C8H13NO2/c1-11-8(10)7-4-2-3-5(9)6(4)7/h4-7H,2-3,9H2,1H3. The molecular weight excluding hydrogens is 142 g/mol. The van der Waals surface area contributed by atoms with Crippen molar-refractivity contribution in [3.05, 3.63) is 0 Å². The molecule has 3 nitrogen and oxygen atoms in total. The molecule has 2 fully saturated rings. The summed E-state index contributed by atoms with van der Waals surface area (Å²) in [7, 11) is 1.45. The Kier molecular flexibility index (Phi) is 1.42. The van der Waals surface area contributed by atoms with Crippen LogP contribution in [0.4, 0.5) is 0 Å². The molecule has 2 aliphatic carbocycles. The van der Waals surface area contributed by atoms with Crippen molar-refractivity contribution in [1.29, 1.82) is 0 Å². The van der Waals surface area contributed by atoms with E-state index in [0.29, 0.717) is 11.8 Å². The minimum Gasteiger partial charge on any atom is -0.469 e. The molecule has 2 saturated carbocycles. The van der Waals surface area contributed by atoms with Gasteiger partial charge in [0.15, 0.2) is 0 Å². The number of carbonyl (C=O) groups excluding carboxylic acids is 1. The van der Waals surface area contributed by atoms with Gasteiger partial charge in [0.25, 0.3) is 0 Å². The normalized spacial score (nSPS) is 46.7. The molecule has 0 heterocycles. The lowest BCUT2D eigenvalue weighted by atomic mass is 10.1. The predicted molar refractivity (Wildman–Crippen MR) is 39.7 cm³/mol. The Labute approximate surface area is 65.9 Å². The van der Waals surface area contributed by atoms with Crippen molar-refractivity contribution in [3.8, 4) is 0 Å². The third-order valence-electron chi connectivity index (χ3n) is 3.03. The van der Waals surface area contributed by atoms with E-state index in [1.807, 2.05) is 0 Å². The zero-order chi connectivity index (χ0) is 8.01. The molecular formula is C8H13NO2. The van der Waals surface area contributed by atoms with Gasteiger partial charge in [-0.1, -0.05) is 0 Å². The summed E-state index contributed by atoms with van der Waals surface area (Å²) < 4.78 is 4.66. The zero-order valence-electron chi connectivity index (χ0n) is 6.62. The Hall–Kier alpha value is -0.570. The van der Waals surface area contributed by atoms with E-state index in [2.05, 4.69) is 4.74 Å². The molecule has 0 bridgehead atoms. The molecule has 2 rings (SSSR count). The van der Waals surface area contributed by atoms with E-state index in [-0.39, 0.29) is 17.9 Å². The van der Waals surface area contributed by atoms with Crippen LogP contribution in [0.1, 0.15) is 12.8 Å². The van der Waals surface area contributed by atoms with Gasteiger partial charge >= 0.3 is 5.97 Å². The van der Waals surface area contributed by atoms with Gasteiger partial charge in [-0.15, -0.1) is 0 Å². The first-order valence-electron chi connectivity index (χ1n) is 4.09. The van der Waals surface area contributed by atoms with Gasteiger partial charge in [0.2, 0.25) is 0 Å². The number of ether oxygens (including phenoxy) is 1. The highest BCUT2D eigenvalue weighted by Gasteiger charge is 2.61. The van der Waals surface area contributed by atoms with E-state index in [9.17, 15) is 4.79 Å². The van der Waals surface area contributed by atoms with Gasteiger partial charge in [-0.05, 0) is 24.7 Å². The third kappa shape index (κ3) is 0.872. The Morgan fingerprint density at radius 3 is 2.73 bits per heavy atom. The largest absolute Gasteiger partial charge is 0.469 e. The highest BCUT2D eigenvalue weighted by Crippen LogP contribution is 2.57. The quantitative estimate of drug-likeness (QED) is 0.548. The molecule has 2 aliphatic rings. The molecule has 0 amide bonds. The van der Waals surface area contributed by atoms with Crippen LogP contribution in [0.15, 0.2) is 0 Å². The van der Waals surface area contributed by atoms with Crippen molar-refractivity contribution in [2.75, 3.05) is 7.11 Å². The molecule has 4 atom stereocenters. The zero-order valence-corrected chi connectivity index (χ0v) is 6.62. The van der Waals surface area contributed by atoms with Crippen LogP contribution in [0.5, 0.6) is 0 Å². The second-order valence-electron chi connectivity index (χ2n) is 3.53. The molecule has 62 valence electrons. The maximum absolute atomic E-state index is 11.1. The van der Waals surface area contributed by atoms with Crippen molar-refractivity contribution in [2.24, 2.45) is 23.5 Å².